The average Bonchev–Trinajstić information content (AvgIpc) is 2.14. The first-order chi connectivity index (χ1) is 6.57. The maximum Gasteiger partial charge on any atom is 0.144 e. The third-order valence-electron chi connectivity index (χ3n) is 1.16. The van der Waals surface area contributed by atoms with Crippen LogP contribution in [0.25, 0.3) is 0 Å². The zero-order chi connectivity index (χ0) is 11.6. The van der Waals surface area contributed by atoms with Crippen molar-refractivity contribution in [3.05, 3.63) is 11.4 Å². The predicted molar refractivity (Wildman–Crippen MR) is 65.7 cm³/mol. The number of hydrogen-bond donors (Lipinski definition) is 1. The third-order valence-corrected chi connectivity index (χ3v) is 1.16. The highest BCUT2D eigenvalue weighted by molar-refractivity contribution is 5.61. The molecule has 0 aromatic rings. The summed E-state index contributed by atoms with van der Waals surface area (Å²) in [4.78, 5) is 4.22. The van der Waals surface area contributed by atoms with Crippen molar-refractivity contribution in [2.45, 2.75) is 41.5 Å². The minimum absolute atomic E-state index is 0.450. The molecule has 0 aliphatic carbocycles. The Bertz CT molecular complexity index is 199. The Morgan fingerprint density at radius 1 is 1.29 bits per heavy atom. The van der Waals surface area contributed by atoms with Gasteiger partial charge in [-0.2, -0.15) is 5.10 Å². The van der Waals surface area contributed by atoms with Crippen LogP contribution in [0.15, 0.2) is 21.5 Å². The molecule has 0 amide bonds. The summed E-state index contributed by atoms with van der Waals surface area (Å²) in [7, 11) is 0. The molecule has 0 aliphatic heterocycles. The standard InChI is InChI=1S/C9H17N3.C2H6/c1-7(2)6-11-9(8(3)4)12-10-5;1-2/h6-7,12H,5H2,1-4H3;1-2H3/b11-6-;. The maximum atomic E-state index is 4.22. The van der Waals surface area contributed by atoms with Crippen molar-refractivity contribution in [2.24, 2.45) is 16.0 Å². The van der Waals surface area contributed by atoms with E-state index < -0.39 is 0 Å². The molecule has 0 saturated carbocycles. The molecule has 3 heteroatoms. The number of hydrazone groups is 1. The monoisotopic (exact) mass is 197 g/mol. The molecule has 1 N–H and O–H groups in total. The summed E-state index contributed by atoms with van der Waals surface area (Å²) < 4.78 is 0. The van der Waals surface area contributed by atoms with Crippen LogP contribution >= 0.6 is 0 Å². The lowest BCUT2D eigenvalue weighted by Crippen LogP contribution is -2.05. The fourth-order valence-corrected chi connectivity index (χ4v) is 0.568. The zero-order valence-electron chi connectivity index (χ0n) is 10.3. The van der Waals surface area contributed by atoms with Crippen molar-refractivity contribution >= 4 is 12.9 Å². The molecular weight excluding hydrogens is 174 g/mol. The van der Waals surface area contributed by atoms with Gasteiger partial charge in [-0.15, -0.1) is 0 Å². The van der Waals surface area contributed by atoms with Gasteiger partial charge >= 0.3 is 0 Å². The van der Waals surface area contributed by atoms with E-state index >= 15 is 0 Å². The SMILES string of the molecule is C=NNC(/N=C\C(C)C)=C(C)C.CC. The molecule has 3 nitrogen and oxygen atoms in total. The number of nitrogens with zero attached hydrogens (tertiary/aromatic N) is 2. The van der Waals surface area contributed by atoms with Gasteiger partial charge in [0.05, 0.1) is 0 Å². The average molecular weight is 197 g/mol. The smallest absolute Gasteiger partial charge is 0.144 e. The normalized spacial score (nSPS) is 9.36. The minimum Gasteiger partial charge on any atom is -0.262 e. The zero-order valence-corrected chi connectivity index (χ0v) is 10.3. The van der Waals surface area contributed by atoms with E-state index in [1.165, 1.54) is 0 Å². The molecule has 0 aliphatic rings. The highest BCUT2D eigenvalue weighted by Crippen LogP contribution is 2.01. The van der Waals surface area contributed by atoms with Crippen LogP contribution < -0.4 is 5.43 Å². The lowest BCUT2D eigenvalue weighted by molar-refractivity contribution is 0.843. The molecule has 0 aromatic carbocycles. The van der Waals surface area contributed by atoms with Gasteiger partial charge in [0.1, 0.15) is 5.82 Å². The molecule has 0 radical (unpaired) electrons. The summed E-state index contributed by atoms with van der Waals surface area (Å²) in [5, 5.41) is 3.56. The third kappa shape index (κ3) is 8.97. The van der Waals surface area contributed by atoms with Gasteiger partial charge in [-0.25, -0.2) is 4.99 Å². The highest BCUT2D eigenvalue weighted by Gasteiger charge is 1.93. The molecule has 0 unspecified atom stereocenters. The van der Waals surface area contributed by atoms with Crippen LogP contribution in [0.4, 0.5) is 0 Å². The quantitative estimate of drug-likeness (QED) is 0.545. The van der Waals surface area contributed by atoms with Crippen molar-refractivity contribution < 1.29 is 0 Å². The van der Waals surface area contributed by atoms with Crippen LogP contribution in [-0.2, 0) is 0 Å². The summed E-state index contributed by atoms with van der Waals surface area (Å²) in [5.41, 5.74) is 3.83. The van der Waals surface area contributed by atoms with E-state index in [4.69, 9.17) is 0 Å². The van der Waals surface area contributed by atoms with E-state index in [0.29, 0.717) is 5.92 Å². The molecule has 0 atom stereocenters. The van der Waals surface area contributed by atoms with Crippen LogP contribution in [0.1, 0.15) is 41.5 Å². The maximum absolute atomic E-state index is 4.22. The van der Waals surface area contributed by atoms with Crippen molar-refractivity contribution in [1.29, 1.82) is 0 Å². The molecular formula is C11H23N3. The molecule has 0 rings (SSSR count). The van der Waals surface area contributed by atoms with Crippen molar-refractivity contribution in [1.82, 2.24) is 5.43 Å². The predicted octanol–water partition coefficient (Wildman–Crippen LogP) is 3.20. The van der Waals surface area contributed by atoms with Crippen molar-refractivity contribution in [2.75, 3.05) is 0 Å². The summed E-state index contributed by atoms with van der Waals surface area (Å²) >= 11 is 0. The number of allylic oxidation sites excluding steroid dienone is 1. The molecule has 0 bridgehead atoms. The fraction of sp³-hybridized carbons (Fsp3) is 0.636. The first kappa shape index (κ1) is 15.4. The van der Waals surface area contributed by atoms with E-state index in [1.54, 1.807) is 0 Å². The molecule has 0 saturated heterocycles. The van der Waals surface area contributed by atoms with E-state index in [9.17, 15) is 0 Å². The summed E-state index contributed by atoms with van der Waals surface area (Å²) in [6, 6.07) is 0. The lowest BCUT2D eigenvalue weighted by Gasteiger charge is -2.02. The number of hydrogen-bond acceptors (Lipinski definition) is 3. The minimum atomic E-state index is 0.450. The Labute approximate surface area is 88.0 Å². The Kier molecular flexibility index (Phi) is 10.9. The largest absolute Gasteiger partial charge is 0.262 e. The van der Waals surface area contributed by atoms with E-state index in [0.717, 1.165) is 11.4 Å². The van der Waals surface area contributed by atoms with Crippen LogP contribution in [0.2, 0.25) is 0 Å². The first-order valence-corrected chi connectivity index (χ1v) is 5.01. The summed E-state index contributed by atoms with van der Waals surface area (Å²) in [6.45, 7) is 15.4. The van der Waals surface area contributed by atoms with Crippen LogP contribution in [0, 0.1) is 5.92 Å². The second kappa shape index (κ2) is 9.96. The second-order valence-corrected chi connectivity index (χ2v) is 3.14. The number of aliphatic imine (C=N–C) groups is 1. The fourth-order valence-electron chi connectivity index (χ4n) is 0.568. The summed E-state index contributed by atoms with van der Waals surface area (Å²) in [5.74, 6) is 1.23. The van der Waals surface area contributed by atoms with E-state index in [1.807, 2.05) is 33.9 Å². The van der Waals surface area contributed by atoms with E-state index in [2.05, 4.69) is 36.1 Å². The topological polar surface area (TPSA) is 36.8 Å². The van der Waals surface area contributed by atoms with Gasteiger partial charge < -0.3 is 0 Å². The number of nitrogens with one attached hydrogen (secondary N) is 1. The molecule has 14 heavy (non-hydrogen) atoms. The van der Waals surface area contributed by atoms with Gasteiger partial charge in [-0.3, -0.25) is 5.43 Å². The van der Waals surface area contributed by atoms with E-state index in [-0.39, 0.29) is 0 Å². The van der Waals surface area contributed by atoms with Crippen LogP contribution in [-0.4, -0.2) is 12.9 Å². The molecule has 0 aromatic heterocycles. The molecule has 0 fully saturated rings. The van der Waals surface area contributed by atoms with Crippen molar-refractivity contribution in [3.8, 4) is 0 Å². The number of rotatable bonds is 4. The van der Waals surface area contributed by atoms with Gasteiger partial charge in [0.25, 0.3) is 0 Å². The lowest BCUT2D eigenvalue weighted by atomic mass is 10.2. The van der Waals surface area contributed by atoms with Crippen LogP contribution in [0.3, 0.4) is 0 Å². The van der Waals surface area contributed by atoms with Crippen molar-refractivity contribution in [3.63, 3.8) is 0 Å². The Morgan fingerprint density at radius 3 is 2.07 bits per heavy atom. The Morgan fingerprint density at radius 2 is 1.79 bits per heavy atom. The van der Waals surface area contributed by atoms with Gasteiger partial charge in [0.2, 0.25) is 0 Å². The molecule has 0 spiro atoms. The van der Waals surface area contributed by atoms with Gasteiger partial charge in [0, 0.05) is 12.9 Å². The molecule has 82 valence electrons. The second-order valence-electron chi connectivity index (χ2n) is 3.14. The van der Waals surface area contributed by atoms with Gasteiger partial charge in [-0.05, 0) is 25.3 Å². The first-order valence-electron chi connectivity index (χ1n) is 5.01. The summed E-state index contributed by atoms with van der Waals surface area (Å²) in [6.07, 6.45) is 1.88. The van der Waals surface area contributed by atoms with Gasteiger partial charge in [-0.1, -0.05) is 27.7 Å². The molecule has 0 heterocycles. The van der Waals surface area contributed by atoms with Crippen LogP contribution in [0.5, 0.6) is 0 Å². The Hall–Kier alpha value is -1.12. The Balaban J connectivity index is 0. The van der Waals surface area contributed by atoms with Gasteiger partial charge in [0.15, 0.2) is 0 Å². The highest BCUT2D eigenvalue weighted by atomic mass is 15.3.